The minimum atomic E-state index is 0. The Balaban J connectivity index is 0. The molecule has 0 radical (unpaired) electrons. The monoisotopic (exact) mass is 296 g/mol. The molecule has 0 atom stereocenters. The standard InChI is InChI=1S/C6H12O2.Hf/c1-2-3-4-5-8-6-7;/h6H,2-5H2,1H3;. The summed E-state index contributed by atoms with van der Waals surface area (Å²) >= 11 is 0. The molecule has 0 aliphatic carbocycles. The smallest absolute Gasteiger partial charge is 0.293 e. The Morgan fingerprint density at radius 1 is 1.44 bits per heavy atom. The molecule has 0 amide bonds. The molecule has 0 N–H and O–H groups in total. The van der Waals surface area contributed by atoms with Crippen molar-refractivity contribution in [3.05, 3.63) is 0 Å². The minimum absolute atomic E-state index is 0. The first kappa shape index (κ1) is 12.1. The fourth-order valence-electron chi connectivity index (χ4n) is 0.484. The summed E-state index contributed by atoms with van der Waals surface area (Å²) in [4.78, 5) is 9.55. The number of hydrogen-bond acceptors (Lipinski definition) is 2. The van der Waals surface area contributed by atoms with Crippen molar-refractivity contribution in [3.8, 4) is 0 Å². The van der Waals surface area contributed by atoms with Crippen LogP contribution in [0.2, 0.25) is 0 Å². The van der Waals surface area contributed by atoms with Gasteiger partial charge in [-0.1, -0.05) is 19.8 Å². The molecule has 0 aromatic carbocycles. The van der Waals surface area contributed by atoms with Crippen LogP contribution < -0.4 is 0 Å². The molecule has 0 saturated heterocycles. The quantitative estimate of drug-likeness (QED) is 0.435. The number of unbranched alkanes of at least 4 members (excludes halogenated alkanes) is 2. The maximum absolute atomic E-state index is 9.55. The van der Waals surface area contributed by atoms with Gasteiger partial charge in [0.2, 0.25) is 0 Å². The fourth-order valence-corrected chi connectivity index (χ4v) is 0.484. The van der Waals surface area contributed by atoms with Gasteiger partial charge in [-0.15, -0.1) is 0 Å². The molecule has 0 saturated carbocycles. The summed E-state index contributed by atoms with van der Waals surface area (Å²) in [6.07, 6.45) is 3.31. The third-order valence-electron chi connectivity index (χ3n) is 0.934. The van der Waals surface area contributed by atoms with E-state index in [1.807, 2.05) is 0 Å². The van der Waals surface area contributed by atoms with Gasteiger partial charge in [0.25, 0.3) is 6.47 Å². The Kier molecular flexibility index (Phi) is 15.0. The van der Waals surface area contributed by atoms with Crippen LogP contribution in [0.5, 0.6) is 0 Å². The number of ether oxygens (including phenoxy) is 1. The van der Waals surface area contributed by atoms with Gasteiger partial charge in [0, 0.05) is 25.8 Å². The average Bonchev–Trinajstić information content (AvgIpc) is 1.81. The number of rotatable bonds is 5. The molecule has 52 valence electrons. The van der Waals surface area contributed by atoms with Gasteiger partial charge in [-0.25, -0.2) is 0 Å². The molecule has 0 heterocycles. The van der Waals surface area contributed by atoms with E-state index >= 15 is 0 Å². The summed E-state index contributed by atoms with van der Waals surface area (Å²) < 4.78 is 4.46. The number of carbonyl (C=O) groups excluding carboxylic acids is 1. The molecule has 9 heavy (non-hydrogen) atoms. The van der Waals surface area contributed by atoms with Crippen molar-refractivity contribution in [2.24, 2.45) is 0 Å². The van der Waals surface area contributed by atoms with Gasteiger partial charge in [0.15, 0.2) is 0 Å². The molecule has 0 rings (SSSR count). The molecule has 0 spiro atoms. The van der Waals surface area contributed by atoms with E-state index in [0.29, 0.717) is 13.1 Å². The van der Waals surface area contributed by atoms with Crippen LogP contribution in [0.25, 0.3) is 0 Å². The van der Waals surface area contributed by atoms with Gasteiger partial charge in [-0.05, 0) is 6.42 Å². The van der Waals surface area contributed by atoms with Crippen molar-refractivity contribution >= 4 is 6.47 Å². The van der Waals surface area contributed by atoms with Gasteiger partial charge < -0.3 is 4.74 Å². The Morgan fingerprint density at radius 2 is 2.11 bits per heavy atom. The van der Waals surface area contributed by atoms with Crippen molar-refractivity contribution in [3.63, 3.8) is 0 Å². The average molecular weight is 295 g/mol. The molecule has 0 aliphatic rings. The topological polar surface area (TPSA) is 26.3 Å². The van der Waals surface area contributed by atoms with E-state index in [-0.39, 0.29) is 25.8 Å². The van der Waals surface area contributed by atoms with Crippen LogP contribution >= 0.6 is 0 Å². The van der Waals surface area contributed by atoms with Crippen molar-refractivity contribution in [1.82, 2.24) is 0 Å². The van der Waals surface area contributed by atoms with E-state index in [0.717, 1.165) is 12.8 Å². The normalized spacial score (nSPS) is 7.67. The zero-order chi connectivity index (χ0) is 6.24. The number of hydrogen-bond donors (Lipinski definition) is 0. The van der Waals surface area contributed by atoms with E-state index in [1.165, 1.54) is 6.42 Å². The maximum atomic E-state index is 9.55. The largest absolute Gasteiger partial charge is 0.468 e. The second-order valence-corrected chi connectivity index (χ2v) is 1.67. The summed E-state index contributed by atoms with van der Waals surface area (Å²) in [5.41, 5.74) is 0. The van der Waals surface area contributed by atoms with Crippen LogP contribution in [0, 0.1) is 0 Å². The SMILES string of the molecule is CCCCCOC=O.[Hf]. The zero-order valence-electron chi connectivity index (χ0n) is 5.72. The molecular weight excluding hydrogens is 283 g/mol. The van der Waals surface area contributed by atoms with E-state index in [4.69, 9.17) is 0 Å². The summed E-state index contributed by atoms with van der Waals surface area (Å²) in [7, 11) is 0. The molecule has 0 fully saturated rings. The van der Waals surface area contributed by atoms with Crippen LogP contribution in [-0.4, -0.2) is 13.1 Å². The van der Waals surface area contributed by atoms with Crippen LogP contribution in [0.4, 0.5) is 0 Å². The van der Waals surface area contributed by atoms with Crippen molar-refractivity contribution in [2.75, 3.05) is 6.61 Å². The molecule has 0 aromatic rings. The van der Waals surface area contributed by atoms with E-state index in [1.54, 1.807) is 0 Å². The molecule has 0 unspecified atom stereocenters. The zero-order valence-corrected chi connectivity index (χ0v) is 9.31. The summed E-state index contributed by atoms with van der Waals surface area (Å²) in [5.74, 6) is 0. The molecule has 0 aliphatic heterocycles. The van der Waals surface area contributed by atoms with E-state index in [9.17, 15) is 4.79 Å². The first-order valence-electron chi connectivity index (χ1n) is 2.97. The first-order valence-corrected chi connectivity index (χ1v) is 2.97. The van der Waals surface area contributed by atoms with Crippen LogP contribution in [0.1, 0.15) is 26.2 Å². The summed E-state index contributed by atoms with van der Waals surface area (Å²) in [6, 6.07) is 0. The van der Waals surface area contributed by atoms with Gasteiger partial charge in [-0.3, -0.25) is 4.79 Å². The Labute approximate surface area is 74.7 Å². The van der Waals surface area contributed by atoms with Gasteiger partial charge in [-0.2, -0.15) is 0 Å². The van der Waals surface area contributed by atoms with Crippen molar-refractivity contribution in [1.29, 1.82) is 0 Å². The maximum Gasteiger partial charge on any atom is 0.293 e. The second-order valence-electron chi connectivity index (χ2n) is 1.67. The third kappa shape index (κ3) is 11.8. The van der Waals surface area contributed by atoms with Gasteiger partial charge in [0.1, 0.15) is 0 Å². The van der Waals surface area contributed by atoms with Crippen molar-refractivity contribution < 1.29 is 35.4 Å². The molecule has 2 nitrogen and oxygen atoms in total. The van der Waals surface area contributed by atoms with E-state index in [2.05, 4.69) is 11.7 Å². The molecule has 3 heteroatoms. The van der Waals surface area contributed by atoms with Crippen LogP contribution in [0.3, 0.4) is 0 Å². The molecule has 0 bridgehead atoms. The van der Waals surface area contributed by atoms with Crippen LogP contribution in [0.15, 0.2) is 0 Å². The molecule has 0 aromatic heterocycles. The van der Waals surface area contributed by atoms with Crippen LogP contribution in [-0.2, 0) is 35.4 Å². The molecular formula is C6H12HfO2. The summed E-state index contributed by atoms with van der Waals surface area (Å²) in [6.45, 7) is 3.19. The third-order valence-corrected chi connectivity index (χ3v) is 0.934. The Hall–Kier alpha value is 0.340. The second kappa shape index (κ2) is 11.2. The van der Waals surface area contributed by atoms with Gasteiger partial charge >= 0.3 is 0 Å². The predicted molar refractivity (Wildman–Crippen MR) is 31.5 cm³/mol. The predicted octanol–water partition coefficient (Wildman–Crippen LogP) is 1.35. The Morgan fingerprint density at radius 3 is 2.56 bits per heavy atom. The fraction of sp³-hybridized carbons (Fsp3) is 0.833. The summed E-state index contributed by atoms with van der Waals surface area (Å²) in [5, 5.41) is 0. The van der Waals surface area contributed by atoms with E-state index < -0.39 is 0 Å². The first-order chi connectivity index (χ1) is 3.91. The van der Waals surface area contributed by atoms with Gasteiger partial charge in [0.05, 0.1) is 6.61 Å². The number of carbonyl (C=O) groups is 1. The minimum Gasteiger partial charge on any atom is -0.468 e. The van der Waals surface area contributed by atoms with Crippen molar-refractivity contribution in [2.45, 2.75) is 26.2 Å². The Bertz CT molecular complexity index is 57.0.